The van der Waals surface area contributed by atoms with Gasteiger partial charge >= 0.3 is 0 Å². The van der Waals surface area contributed by atoms with Crippen molar-refractivity contribution in [2.45, 2.75) is 49.8 Å². The van der Waals surface area contributed by atoms with Gasteiger partial charge in [-0.3, -0.25) is 4.79 Å². The number of aryl methyl sites for hydroxylation is 2. The van der Waals surface area contributed by atoms with Gasteiger partial charge in [-0.05, 0) is 73.6 Å². The highest BCUT2D eigenvalue weighted by molar-refractivity contribution is 7.89. The highest BCUT2D eigenvalue weighted by Gasteiger charge is 2.45. The van der Waals surface area contributed by atoms with Crippen LogP contribution in [0.4, 0.5) is 0 Å². The van der Waals surface area contributed by atoms with Crippen LogP contribution in [0.25, 0.3) is 0 Å². The van der Waals surface area contributed by atoms with Crippen molar-refractivity contribution in [2.24, 2.45) is 17.8 Å². The zero-order valence-electron chi connectivity index (χ0n) is 15.8. The Kier molecular flexibility index (Phi) is 4.32. The highest BCUT2D eigenvalue weighted by atomic mass is 32.2. The van der Waals surface area contributed by atoms with Gasteiger partial charge in [0.1, 0.15) is 0 Å². The lowest BCUT2D eigenvalue weighted by molar-refractivity contribution is -0.138. The van der Waals surface area contributed by atoms with E-state index >= 15 is 0 Å². The molecule has 1 aliphatic heterocycles. The minimum atomic E-state index is -3.46. The topological polar surface area (TPSA) is 57.7 Å². The van der Waals surface area contributed by atoms with E-state index in [9.17, 15) is 13.2 Å². The second kappa shape index (κ2) is 6.59. The fourth-order valence-corrected chi connectivity index (χ4v) is 7.26. The number of benzene rings is 1. The van der Waals surface area contributed by atoms with E-state index in [0.29, 0.717) is 37.0 Å². The van der Waals surface area contributed by atoms with Gasteiger partial charge < -0.3 is 4.90 Å². The van der Waals surface area contributed by atoms with Crippen LogP contribution < -0.4 is 0 Å². The number of amides is 1. The second-order valence-electron chi connectivity index (χ2n) is 8.79. The van der Waals surface area contributed by atoms with E-state index in [2.05, 4.69) is 0 Å². The molecule has 1 aromatic rings. The number of sulfonamides is 1. The molecule has 1 aromatic carbocycles. The standard InChI is InChI=1S/C21H28N2O3S/c24-21(20-13-15-4-5-18(20)12-15)22-8-10-23(11-9-22)27(25,26)19-7-6-16-2-1-3-17(16)14-19/h6-7,14-15,18,20H,1-5,8-13H2. The summed E-state index contributed by atoms with van der Waals surface area (Å²) < 4.78 is 27.7. The van der Waals surface area contributed by atoms with Crippen molar-refractivity contribution < 1.29 is 13.2 Å². The smallest absolute Gasteiger partial charge is 0.243 e. The molecule has 1 saturated heterocycles. The maximum atomic E-state index is 13.0. The third-order valence-electron chi connectivity index (χ3n) is 7.31. The largest absolute Gasteiger partial charge is 0.340 e. The van der Waals surface area contributed by atoms with Crippen LogP contribution in [0.1, 0.15) is 43.2 Å². The van der Waals surface area contributed by atoms with Crippen molar-refractivity contribution >= 4 is 15.9 Å². The number of carbonyl (C=O) groups is 1. The van der Waals surface area contributed by atoms with Gasteiger partial charge in [0, 0.05) is 32.1 Å². The predicted octanol–water partition coefficient (Wildman–Crippen LogP) is 2.44. The first-order chi connectivity index (χ1) is 13.0. The molecule has 2 bridgehead atoms. The van der Waals surface area contributed by atoms with Gasteiger partial charge in [0.15, 0.2) is 0 Å². The minimum absolute atomic E-state index is 0.198. The lowest BCUT2D eigenvalue weighted by Crippen LogP contribution is -2.52. The number of carbonyl (C=O) groups excluding carboxylic acids is 1. The Hall–Kier alpha value is -1.40. The molecule has 3 fully saturated rings. The number of rotatable bonds is 3. The average Bonchev–Trinajstić information content (AvgIpc) is 3.43. The summed E-state index contributed by atoms with van der Waals surface area (Å²) >= 11 is 0. The summed E-state index contributed by atoms with van der Waals surface area (Å²) in [6.07, 6.45) is 7.92. The van der Waals surface area contributed by atoms with Crippen LogP contribution in [-0.4, -0.2) is 49.7 Å². The number of piperazine rings is 1. The Morgan fingerprint density at radius 1 is 0.963 bits per heavy atom. The summed E-state index contributed by atoms with van der Waals surface area (Å²) in [5.41, 5.74) is 2.47. The predicted molar refractivity (Wildman–Crippen MR) is 103 cm³/mol. The normalized spacial score (nSPS) is 30.7. The third-order valence-corrected chi connectivity index (χ3v) is 9.21. The summed E-state index contributed by atoms with van der Waals surface area (Å²) in [5.74, 6) is 1.81. The van der Waals surface area contributed by atoms with E-state index < -0.39 is 10.0 Å². The molecule has 0 aromatic heterocycles. The zero-order chi connectivity index (χ0) is 18.6. The van der Waals surface area contributed by atoms with E-state index in [1.165, 1.54) is 30.4 Å². The molecule has 3 atom stereocenters. The van der Waals surface area contributed by atoms with E-state index in [4.69, 9.17) is 0 Å². The fraction of sp³-hybridized carbons (Fsp3) is 0.667. The summed E-state index contributed by atoms with van der Waals surface area (Å²) in [7, 11) is -3.46. The van der Waals surface area contributed by atoms with Crippen LogP contribution in [0.5, 0.6) is 0 Å². The summed E-state index contributed by atoms with van der Waals surface area (Å²) in [4.78, 5) is 15.2. The molecule has 0 radical (unpaired) electrons. The lowest BCUT2D eigenvalue weighted by atomic mass is 9.87. The average molecular weight is 389 g/mol. The first-order valence-electron chi connectivity index (χ1n) is 10.4. The molecular formula is C21H28N2O3S. The first-order valence-corrected chi connectivity index (χ1v) is 11.9. The fourth-order valence-electron chi connectivity index (χ4n) is 5.79. The highest BCUT2D eigenvalue weighted by Crippen LogP contribution is 2.49. The Labute approximate surface area is 161 Å². The Morgan fingerprint density at radius 2 is 1.74 bits per heavy atom. The molecule has 5 rings (SSSR count). The molecular weight excluding hydrogens is 360 g/mol. The monoisotopic (exact) mass is 388 g/mol. The maximum absolute atomic E-state index is 13.0. The second-order valence-corrected chi connectivity index (χ2v) is 10.7. The van der Waals surface area contributed by atoms with E-state index in [1.54, 1.807) is 10.4 Å². The Balaban J connectivity index is 1.25. The van der Waals surface area contributed by atoms with Crippen molar-refractivity contribution in [1.82, 2.24) is 9.21 Å². The molecule has 2 saturated carbocycles. The number of nitrogens with zero attached hydrogens (tertiary/aromatic N) is 2. The van der Waals surface area contributed by atoms with E-state index in [-0.39, 0.29) is 11.8 Å². The molecule has 0 spiro atoms. The zero-order valence-corrected chi connectivity index (χ0v) is 16.6. The van der Waals surface area contributed by atoms with Gasteiger partial charge in [-0.2, -0.15) is 4.31 Å². The SMILES string of the molecule is O=C(C1CC2CCC1C2)N1CCN(S(=O)(=O)c2ccc3c(c2)CCC3)CC1. The van der Waals surface area contributed by atoms with Gasteiger partial charge in [0.2, 0.25) is 15.9 Å². The quantitative estimate of drug-likeness (QED) is 0.799. The van der Waals surface area contributed by atoms with Crippen LogP contribution in [-0.2, 0) is 27.7 Å². The number of fused-ring (bicyclic) bond motifs is 3. The van der Waals surface area contributed by atoms with Crippen molar-refractivity contribution in [3.8, 4) is 0 Å². The van der Waals surface area contributed by atoms with Crippen molar-refractivity contribution in [2.75, 3.05) is 26.2 Å². The van der Waals surface area contributed by atoms with Crippen LogP contribution in [0, 0.1) is 17.8 Å². The summed E-state index contributed by atoms with van der Waals surface area (Å²) in [6.45, 7) is 1.87. The molecule has 0 N–H and O–H groups in total. The minimum Gasteiger partial charge on any atom is -0.340 e. The Morgan fingerprint density at radius 3 is 2.44 bits per heavy atom. The van der Waals surface area contributed by atoms with Gasteiger partial charge in [0.05, 0.1) is 4.90 Å². The molecule has 4 aliphatic rings. The summed E-state index contributed by atoms with van der Waals surface area (Å²) in [5, 5.41) is 0. The van der Waals surface area contributed by atoms with E-state index in [1.807, 2.05) is 17.0 Å². The molecule has 1 heterocycles. The van der Waals surface area contributed by atoms with Gasteiger partial charge in [-0.25, -0.2) is 8.42 Å². The number of hydrogen-bond acceptors (Lipinski definition) is 3. The molecule has 1 amide bonds. The summed E-state index contributed by atoms with van der Waals surface area (Å²) in [6, 6.07) is 5.60. The molecule has 5 nitrogen and oxygen atoms in total. The van der Waals surface area contributed by atoms with Gasteiger partial charge in [0.25, 0.3) is 0 Å². The molecule has 3 unspecified atom stereocenters. The van der Waals surface area contributed by atoms with Crippen LogP contribution in [0.2, 0.25) is 0 Å². The van der Waals surface area contributed by atoms with Crippen molar-refractivity contribution in [3.05, 3.63) is 29.3 Å². The third kappa shape index (κ3) is 3.01. The Bertz CT molecular complexity index is 858. The molecule has 6 heteroatoms. The number of hydrogen-bond donors (Lipinski definition) is 0. The van der Waals surface area contributed by atoms with Gasteiger partial charge in [-0.15, -0.1) is 0 Å². The van der Waals surface area contributed by atoms with Crippen LogP contribution in [0.3, 0.4) is 0 Å². The molecule has 146 valence electrons. The van der Waals surface area contributed by atoms with Crippen molar-refractivity contribution in [1.29, 1.82) is 0 Å². The van der Waals surface area contributed by atoms with Crippen LogP contribution >= 0.6 is 0 Å². The van der Waals surface area contributed by atoms with Crippen LogP contribution in [0.15, 0.2) is 23.1 Å². The van der Waals surface area contributed by atoms with Gasteiger partial charge in [-0.1, -0.05) is 12.5 Å². The maximum Gasteiger partial charge on any atom is 0.243 e. The van der Waals surface area contributed by atoms with E-state index in [0.717, 1.165) is 31.6 Å². The van der Waals surface area contributed by atoms with Crippen molar-refractivity contribution in [3.63, 3.8) is 0 Å². The molecule has 27 heavy (non-hydrogen) atoms. The first kappa shape index (κ1) is 17.7. The lowest BCUT2D eigenvalue weighted by Gasteiger charge is -2.36. The molecule has 3 aliphatic carbocycles.